The van der Waals surface area contributed by atoms with Gasteiger partial charge in [0.05, 0.1) is 20.8 Å². The molecule has 0 aliphatic carbocycles. The number of benzene rings is 8. The molecule has 0 bridgehead atoms. The van der Waals surface area contributed by atoms with Crippen LogP contribution in [0, 0.1) is 5.82 Å². The van der Waals surface area contributed by atoms with E-state index in [0.717, 1.165) is 32.9 Å². The van der Waals surface area contributed by atoms with Crippen LogP contribution in [-0.2, 0) is 0 Å². The van der Waals surface area contributed by atoms with Crippen LogP contribution in [0.15, 0.2) is 170 Å². The maximum Gasteiger partial charge on any atom is 0.123 e. The van der Waals surface area contributed by atoms with Gasteiger partial charge in [0.2, 0.25) is 0 Å². The molecule has 0 saturated heterocycles. The minimum Gasteiger partial charge on any atom is -0.308 e. The zero-order valence-electron chi connectivity index (χ0n) is 26.8. The van der Waals surface area contributed by atoms with Crippen LogP contribution >= 0.6 is 22.7 Å². The Morgan fingerprint density at radius 2 is 0.980 bits per heavy atom. The van der Waals surface area contributed by atoms with Gasteiger partial charge in [-0.2, -0.15) is 0 Å². The number of hydrogen-bond acceptors (Lipinski definition) is 3. The lowest BCUT2D eigenvalue weighted by molar-refractivity contribution is 0.628. The Labute approximate surface area is 296 Å². The van der Waals surface area contributed by atoms with E-state index in [-0.39, 0.29) is 5.82 Å². The number of hydrogen-bond donors (Lipinski definition) is 0. The van der Waals surface area contributed by atoms with E-state index in [1.165, 1.54) is 63.6 Å². The van der Waals surface area contributed by atoms with Gasteiger partial charge in [-0.05, 0) is 75.5 Å². The van der Waals surface area contributed by atoms with E-state index in [1.807, 2.05) is 17.4 Å². The molecule has 0 N–H and O–H groups in total. The van der Waals surface area contributed by atoms with Crippen LogP contribution in [-0.4, -0.2) is 0 Å². The fraction of sp³-hybridized carbons (Fsp3) is 0. The molecule has 4 heteroatoms. The first-order valence-electron chi connectivity index (χ1n) is 16.7. The molecule has 0 fully saturated rings. The highest BCUT2D eigenvalue weighted by Gasteiger charge is 2.22. The van der Waals surface area contributed by atoms with Crippen molar-refractivity contribution in [3.63, 3.8) is 0 Å². The van der Waals surface area contributed by atoms with Gasteiger partial charge >= 0.3 is 0 Å². The predicted molar refractivity (Wildman–Crippen MR) is 215 cm³/mol. The lowest BCUT2D eigenvalue weighted by atomic mass is 9.98. The van der Waals surface area contributed by atoms with Gasteiger partial charge in [-0.15, -0.1) is 22.7 Å². The highest BCUT2D eigenvalue weighted by atomic mass is 32.1. The Morgan fingerprint density at radius 1 is 0.400 bits per heavy atom. The Bertz CT molecular complexity index is 2890. The molecule has 0 unspecified atom stereocenters. The standard InChI is InChI=1S/C46H28FNS2/c47-32-13-5-12-31(28-32)36-17-7-18-39-40-20-9-22-42(46(40)50-44(36)39)48(41-21-8-19-38-37-15-3-4-23-43(37)49-45(38)41)33-26-24-30(25-27-33)35-16-6-11-29-10-1-2-14-34(29)35/h1-28H. The van der Waals surface area contributed by atoms with Gasteiger partial charge in [0.1, 0.15) is 5.82 Å². The highest BCUT2D eigenvalue weighted by molar-refractivity contribution is 7.27. The van der Waals surface area contributed by atoms with E-state index < -0.39 is 0 Å². The lowest BCUT2D eigenvalue weighted by Gasteiger charge is -2.27. The summed E-state index contributed by atoms with van der Waals surface area (Å²) in [6.45, 7) is 0. The van der Waals surface area contributed by atoms with Crippen molar-refractivity contribution in [2.24, 2.45) is 0 Å². The van der Waals surface area contributed by atoms with Gasteiger partial charge in [0, 0.05) is 36.6 Å². The largest absolute Gasteiger partial charge is 0.308 e. The zero-order chi connectivity index (χ0) is 33.2. The van der Waals surface area contributed by atoms with Gasteiger partial charge in [-0.1, -0.05) is 127 Å². The molecule has 0 amide bonds. The summed E-state index contributed by atoms with van der Waals surface area (Å²) < 4.78 is 19.3. The van der Waals surface area contributed by atoms with Crippen LogP contribution in [0.5, 0.6) is 0 Å². The molecule has 50 heavy (non-hydrogen) atoms. The molecule has 0 saturated carbocycles. The fourth-order valence-corrected chi connectivity index (χ4v) is 9.99. The molecule has 10 rings (SSSR count). The van der Waals surface area contributed by atoms with Gasteiger partial charge in [-0.3, -0.25) is 0 Å². The second kappa shape index (κ2) is 11.7. The molecule has 8 aromatic carbocycles. The summed E-state index contributed by atoms with van der Waals surface area (Å²) >= 11 is 3.63. The van der Waals surface area contributed by atoms with E-state index >= 15 is 0 Å². The smallest absolute Gasteiger partial charge is 0.123 e. The molecule has 10 aromatic rings. The normalized spacial score (nSPS) is 11.7. The quantitative estimate of drug-likeness (QED) is 0.175. The van der Waals surface area contributed by atoms with E-state index in [2.05, 4.69) is 150 Å². The van der Waals surface area contributed by atoms with Crippen molar-refractivity contribution in [2.45, 2.75) is 0 Å². The lowest BCUT2D eigenvalue weighted by Crippen LogP contribution is -2.10. The van der Waals surface area contributed by atoms with Gasteiger partial charge in [0.25, 0.3) is 0 Å². The topological polar surface area (TPSA) is 3.24 Å². The summed E-state index contributed by atoms with van der Waals surface area (Å²) in [5, 5.41) is 7.40. The van der Waals surface area contributed by atoms with E-state index in [4.69, 9.17) is 0 Å². The maximum atomic E-state index is 14.4. The van der Waals surface area contributed by atoms with Crippen molar-refractivity contribution in [1.82, 2.24) is 0 Å². The van der Waals surface area contributed by atoms with Crippen molar-refractivity contribution in [3.05, 3.63) is 176 Å². The number of rotatable bonds is 5. The number of fused-ring (bicyclic) bond motifs is 7. The molecule has 0 aliphatic heterocycles. The molecule has 0 radical (unpaired) electrons. The van der Waals surface area contributed by atoms with Crippen LogP contribution in [0.1, 0.15) is 0 Å². The van der Waals surface area contributed by atoms with E-state index in [1.54, 1.807) is 23.5 Å². The Kier molecular flexibility index (Phi) is 6.80. The molecule has 1 nitrogen and oxygen atoms in total. The minimum absolute atomic E-state index is 0.226. The number of anilines is 3. The molecule has 2 heterocycles. The van der Waals surface area contributed by atoms with Gasteiger partial charge < -0.3 is 4.90 Å². The SMILES string of the molecule is Fc1cccc(-c2cccc3c2sc2c(N(c4ccc(-c5cccc6ccccc56)cc4)c4cccc5c4sc4ccccc45)cccc23)c1. The van der Waals surface area contributed by atoms with Crippen LogP contribution in [0.3, 0.4) is 0 Å². The summed E-state index contributed by atoms with van der Waals surface area (Å²) in [5.74, 6) is -0.226. The molecular weight excluding hydrogens is 650 g/mol. The summed E-state index contributed by atoms with van der Waals surface area (Å²) in [6, 6.07) is 59.4. The summed E-state index contributed by atoms with van der Waals surface area (Å²) in [4.78, 5) is 2.43. The number of nitrogens with zero attached hydrogens (tertiary/aromatic N) is 1. The summed E-state index contributed by atoms with van der Waals surface area (Å²) in [6.07, 6.45) is 0. The van der Waals surface area contributed by atoms with Crippen molar-refractivity contribution in [2.75, 3.05) is 4.90 Å². The summed E-state index contributed by atoms with van der Waals surface area (Å²) in [7, 11) is 0. The van der Waals surface area contributed by atoms with Crippen LogP contribution in [0.4, 0.5) is 21.5 Å². The molecular formula is C46H28FNS2. The fourth-order valence-electron chi connectivity index (χ4n) is 7.45. The number of thiophene rings is 2. The maximum absolute atomic E-state index is 14.4. The van der Waals surface area contributed by atoms with Gasteiger partial charge in [0.15, 0.2) is 0 Å². The van der Waals surface area contributed by atoms with E-state index in [0.29, 0.717) is 0 Å². The van der Waals surface area contributed by atoms with Crippen molar-refractivity contribution >= 4 is 90.9 Å². The zero-order valence-corrected chi connectivity index (χ0v) is 28.4. The van der Waals surface area contributed by atoms with Crippen molar-refractivity contribution in [1.29, 1.82) is 0 Å². The molecule has 0 aliphatic rings. The first-order chi connectivity index (χ1) is 24.7. The molecule has 0 atom stereocenters. The third-order valence-electron chi connectivity index (χ3n) is 9.73. The first-order valence-corrected chi connectivity index (χ1v) is 18.3. The average Bonchev–Trinajstić information content (AvgIpc) is 3.75. The molecule has 236 valence electrons. The van der Waals surface area contributed by atoms with E-state index in [9.17, 15) is 4.39 Å². The molecule has 2 aromatic heterocycles. The second-order valence-electron chi connectivity index (χ2n) is 12.6. The van der Waals surface area contributed by atoms with Crippen LogP contribution in [0.2, 0.25) is 0 Å². The van der Waals surface area contributed by atoms with Crippen LogP contribution < -0.4 is 4.90 Å². The average molecular weight is 678 g/mol. The Hall–Kier alpha value is -5.81. The van der Waals surface area contributed by atoms with Crippen molar-refractivity contribution in [3.8, 4) is 22.3 Å². The third-order valence-corrected chi connectivity index (χ3v) is 12.2. The predicted octanol–water partition coefficient (Wildman–Crippen LogP) is 14.5. The monoisotopic (exact) mass is 677 g/mol. The minimum atomic E-state index is -0.226. The molecule has 0 spiro atoms. The van der Waals surface area contributed by atoms with Crippen LogP contribution in [0.25, 0.3) is 73.4 Å². The highest BCUT2D eigenvalue weighted by Crippen LogP contribution is 2.50. The Morgan fingerprint density at radius 3 is 1.78 bits per heavy atom. The van der Waals surface area contributed by atoms with Crippen molar-refractivity contribution < 1.29 is 4.39 Å². The third kappa shape index (κ3) is 4.64. The van der Waals surface area contributed by atoms with Gasteiger partial charge in [-0.25, -0.2) is 4.39 Å². The number of halogens is 1. The second-order valence-corrected chi connectivity index (χ2v) is 14.7. The first kappa shape index (κ1) is 29.1. The summed E-state index contributed by atoms with van der Waals surface area (Å²) in [5.41, 5.74) is 7.71. The Balaban J connectivity index is 1.22.